The van der Waals surface area contributed by atoms with Gasteiger partial charge >= 0.3 is 0 Å². The van der Waals surface area contributed by atoms with Gasteiger partial charge in [0.2, 0.25) is 5.78 Å². The minimum Gasteiger partial charge on any atom is -0.288 e. The molecule has 0 saturated heterocycles. The number of carbonyl (C=O) groups excluding carboxylic acids is 1. The summed E-state index contributed by atoms with van der Waals surface area (Å²) in [5, 5.41) is 0. The Balaban J connectivity index is 2.40. The molecule has 0 aliphatic heterocycles. The van der Waals surface area contributed by atoms with Gasteiger partial charge in [-0.3, -0.25) is 4.79 Å². The largest absolute Gasteiger partial charge is 0.288 e. The molecular formula is C14H13BrOS. The third-order valence-corrected chi connectivity index (χ3v) is 4.95. The molecule has 1 aromatic heterocycles. The summed E-state index contributed by atoms with van der Waals surface area (Å²) in [6.45, 7) is 4.09. The van der Waals surface area contributed by atoms with Crippen LogP contribution in [0, 0.1) is 6.92 Å². The van der Waals surface area contributed by atoms with Gasteiger partial charge < -0.3 is 0 Å². The van der Waals surface area contributed by atoms with E-state index < -0.39 is 0 Å². The van der Waals surface area contributed by atoms with Crippen molar-refractivity contribution in [1.82, 2.24) is 0 Å². The molecule has 0 saturated carbocycles. The van der Waals surface area contributed by atoms with Crippen LogP contribution in [0.1, 0.15) is 32.6 Å². The highest BCUT2D eigenvalue weighted by Gasteiger charge is 2.15. The summed E-state index contributed by atoms with van der Waals surface area (Å²) >= 11 is 5.07. The average molecular weight is 309 g/mol. The van der Waals surface area contributed by atoms with Gasteiger partial charge in [-0.2, -0.15) is 0 Å². The molecule has 0 spiro atoms. The summed E-state index contributed by atoms with van der Waals surface area (Å²) < 4.78 is 0.899. The minimum atomic E-state index is 0.102. The summed E-state index contributed by atoms with van der Waals surface area (Å²) in [5.41, 5.74) is 1.83. The molecule has 2 rings (SSSR count). The summed E-state index contributed by atoms with van der Waals surface area (Å²) in [5.74, 6) is 0.102. The van der Waals surface area contributed by atoms with Gasteiger partial charge in [0.05, 0.1) is 4.88 Å². The van der Waals surface area contributed by atoms with E-state index in [1.165, 1.54) is 4.88 Å². The lowest BCUT2D eigenvalue weighted by atomic mass is 10.1. The molecule has 0 aliphatic carbocycles. The smallest absolute Gasteiger partial charge is 0.204 e. The highest BCUT2D eigenvalue weighted by atomic mass is 79.9. The van der Waals surface area contributed by atoms with Crippen LogP contribution in [0.5, 0.6) is 0 Å². The second kappa shape index (κ2) is 5.15. The van der Waals surface area contributed by atoms with Gasteiger partial charge in [0.15, 0.2) is 0 Å². The molecule has 88 valence electrons. The molecule has 0 fully saturated rings. The third kappa shape index (κ3) is 2.50. The predicted octanol–water partition coefficient (Wildman–Crippen LogP) is 4.61. The van der Waals surface area contributed by atoms with Crippen LogP contribution in [0.4, 0.5) is 0 Å². The Kier molecular flexibility index (Phi) is 3.79. The van der Waals surface area contributed by atoms with E-state index in [4.69, 9.17) is 0 Å². The van der Waals surface area contributed by atoms with Crippen molar-refractivity contribution in [2.24, 2.45) is 0 Å². The van der Waals surface area contributed by atoms with Crippen LogP contribution in [0.2, 0.25) is 0 Å². The molecule has 0 bridgehead atoms. The fourth-order valence-electron chi connectivity index (χ4n) is 1.65. The summed E-state index contributed by atoms with van der Waals surface area (Å²) in [7, 11) is 0. The number of hydrogen-bond acceptors (Lipinski definition) is 2. The van der Waals surface area contributed by atoms with Gasteiger partial charge in [-0.05, 0) is 53.0 Å². The Morgan fingerprint density at radius 1 is 1.29 bits per heavy atom. The number of carbonyl (C=O) groups is 1. The monoisotopic (exact) mass is 308 g/mol. The zero-order valence-corrected chi connectivity index (χ0v) is 12.2. The number of hydrogen-bond donors (Lipinski definition) is 0. The van der Waals surface area contributed by atoms with Crippen molar-refractivity contribution in [2.45, 2.75) is 20.3 Å². The number of aryl methyl sites for hydroxylation is 2. The molecule has 2 aromatic rings. The summed E-state index contributed by atoms with van der Waals surface area (Å²) in [6, 6.07) is 9.72. The van der Waals surface area contributed by atoms with Crippen molar-refractivity contribution in [1.29, 1.82) is 0 Å². The molecule has 3 heteroatoms. The van der Waals surface area contributed by atoms with Gasteiger partial charge in [0.1, 0.15) is 0 Å². The van der Waals surface area contributed by atoms with Crippen molar-refractivity contribution >= 4 is 33.0 Å². The maximum Gasteiger partial charge on any atom is 0.204 e. The number of halogens is 1. The molecule has 0 aliphatic rings. The maximum absolute atomic E-state index is 12.3. The number of rotatable bonds is 3. The molecule has 17 heavy (non-hydrogen) atoms. The second-order valence-electron chi connectivity index (χ2n) is 3.89. The molecule has 0 N–H and O–H groups in total. The molecule has 0 atom stereocenters. The highest BCUT2D eigenvalue weighted by Crippen LogP contribution is 2.26. The van der Waals surface area contributed by atoms with E-state index in [1.54, 1.807) is 11.3 Å². The average Bonchev–Trinajstić information content (AvgIpc) is 2.80. The van der Waals surface area contributed by atoms with E-state index in [0.717, 1.165) is 26.9 Å². The Labute approximate surface area is 114 Å². The molecule has 0 unspecified atom stereocenters. The molecular weight excluding hydrogens is 296 g/mol. The third-order valence-electron chi connectivity index (χ3n) is 2.67. The van der Waals surface area contributed by atoms with E-state index in [2.05, 4.69) is 22.9 Å². The van der Waals surface area contributed by atoms with Crippen molar-refractivity contribution in [3.05, 3.63) is 55.7 Å². The van der Waals surface area contributed by atoms with E-state index in [9.17, 15) is 4.79 Å². The van der Waals surface area contributed by atoms with Crippen molar-refractivity contribution in [3.8, 4) is 0 Å². The first kappa shape index (κ1) is 12.5. The SMILES string of the molecule is CCc1ccc(C(=O)c2cccc(C)c2Br)s1. The van der Waals surface area contributed by atoms with Crippen LogP contribution in [0.15, 0.2) is 34.8 Å². The van der Waals surface area contributed by atoms with Crippen molar-refractivity contribution < 1.29 is 4.79 Å². The first-order valence-electron chi connectivity index (χ1n) is 5.52. The minimum absolute atomic E-state index is 0.102. The maximum atomic E-state index is 12.3. The van der Waals surface area contributed by atoms with Crippen LogP contribution in [0.3, 0.4) is 0 Å². The van der Waals surface area contributed by atoms with E-state index in [-0.39, 0.29) is 5.78 Å². The molecule has 1 nitrogen and oxygen atoms in total. The Hall–Kier alpha value is -0.930. The van der Waals surface area contributed by atoms with Gasteiger partial charge in [-0.15, -0.1) is 11.3 Å². The number of ketones is 1. The topological polar surface area (TPSA) is 17.1 Å². The molecule has 0 radical (unpaired) electrons. The summed E-state index contributed by atoms with van der Waals surface area (Å²) in [4.78, 5) is 14.4. The Morgan fingerprint density at radius 3 is 2.71 bits per heavy atom. The highest BCUT2D eigenvalue weighted by molar-refractivity contribution is 9.10. The lowest BCUT2D eigenvalue weighted by molar-refractivity contribution is 0.104. The van der Waals surface area contributed by atoms with Crippen molar-refractivity contribution in [3.63, 3.8) is 0 Å². The first-order chi connectivity index (χ1) is 8.13. The summed E-state index contributed by atoms with van der Waals surface area (Å²) in [6.07, 6.45) is 0.979. The number of thiophene rings is 1. The lowest BCUT2D eigenvalue weighted by Gasteiger charge is -2.04. The molecule has 1 aromatic carbocycles. The zero-order chi connectivity index (χ0) is 12.4. The molecule has 1 heterocycles. The first-order valence-corrected chi connectivity index (χ1v) is 7.13. The number of benzene rings is 1. The normalized spacial score (nSPS) is 10.5. The van der Waals surface area contributed by atoms with Crippen LogP contribution in [0.25, 0.3) is 0 Å². The van der Waals surface area contributed by atoms with Crippen molar-refractivity contribution in [2.75, 3.05) is 0 Å². The van der Waals surface area contributed by atoms with Gasteiger partial charge in [0.25, 0.3) is 0 Å². The lowest BCUT2D eigenvalue weighted by Crippen LogP contribution is -2.00. The van der Waals surface area contributed by atoms with E-state index in [0.29, 0.717) is 0 Å². The van der Waals surface area contributed by atoms with Crippen LogP contribution < -0.4 is 0 Å². The Morgan fingerprint density at radius 2 is 2.06 bits per heavy atom. The van der Waals surface area contributed by atoms with Gasteiger partial charge in [-0.25, -0.2) is 0 Å². The van der Waals surface area contributed by atoms with Gasteiger partial charge in [0, 0.05) is 14.9 Å². The van der Waals surface area contributed by atoms with Crippen LogP contribution >= 0.6 is 27.3 Å². The zero-order valence-electron chi connectivity index (χ0n) is 9.79. The van der Waals surface area contributed by atoms with Gasteiger partial charge in [-0.1, -0.05) is 19.1 Å². The predicted molar refractivity (Wildman–Crippen MR) is 76.0 cm³/mol. The fourth-order valence-corrected chi connectivity index (χ4v) is 2.99. The fraction of sp³-hybridized carbons (Fsp3) is 0.214. The van der Waals surface area contributed by atoms with Crippen LogP contribution in [-0.2, 0) is 6.42 Å². The van der Waals surface area contributed by atoms with E-state index in [1.807, 2.05) is 37.3 Å². The second-order valence-corrected chi connectivity index (χ2v) is 5.85. The molecule has 0 amide bonds. The van der Waals surface area contributed by atoms with Crippen LogP contribution in [-0.4, -0.2) is 5.78 Å². The van der Waals surface area contributed by atoms with E-state index >= 15 is 0 Å². The quantitative estimate of drug-likeness (QED) is 0.757. The standard InChI is InChI=1S/C14H13BrOS/c1-3-10-7-8-12(17-10)14(16)11-6-4-5-9(2)13(11)15/h4-8H,3H2,1-2H3. The Bertz CT molecular complexity index is 557.